The van der Waals surface area contributed by atoms with Crippen LogP contribution in [0.1, 0.15) is 41.5 Å². The van der Waals surface area contributed by atoms with E-state index in [-0.39, 0.29) is 0 Å². The Kier molecular flexibility index (Phi) is 14.2. The number of aliphatic hydroxyl groups is 2. The first-order chi connectivity index (χ1) is 20.6. The van der Waals surface area contributed by atoms with E-state index in [9.17, 15) is 69.6 Å². The molecule has 0 aliphatic carbocycles. The van der Waals surface area contributed by atoms with Crippen molar-refractivity contribution in [1.82, 2.24) is 0 Å². The monoisotopic (exact) mass is 640 g/mol. The number of hydrogen-bond donors (Lipinski definition) is 8. The van der Waals surface area contributed by atoms with E-state index in [1.54, 1.807) is 0 Å². The fourth-order valence-corrected chi connectivity index (χ4v) is 3.85. The number of carboxylic acids is 6. The molecule has 0 fully saturated rings. The highest BCUT2D eigenvalue weighted by Crippen LogP contribution is 2.51. The summed E-state index contributed by atoms with van der Waals surface area (Å²) >= 11 is 0. The first-order valence-electron chi connectivity index (χ1n) is 12.7. The van der Waals surface area contributed by atoms with E-state index >= 15 is 0 Å². The Morgan fingerprint density at radius 2 is 0.644 bits per heavy atom. The van der Waals surface area contributed by atoms with E-state index in [4.69, 9.17) is 9.47 Å². The summed E-state index contributed by atoms with van der Waals surface area (Å²) in [5.41, 5.74) is -12.3. The molecule has 16 heteroatoms. The number of ether oxygens (including phenoxy) is 2. The van der Waals surface area contributed by atoms with Gasteiger partial charge in [-0.3, -0.25) is 0 Å². The number of carboxylic acid groups (broad SMARTS) is 6. The van der Waals surface area contributed by atoms with Crippen LogP contribution in [0.15, 0.2) is 70.3 Å². The summed E-state index contributed by atoms with van der Waals surface area (Å²) in [5, 5.41) is 80.1. The lowest BCUT2D eigenvalue weighted by atomic mass is 9.59. The summed E-state index contributed by atoms with van der Waals surface area (Å²) in [6, 6.07) is 0. The van der Waals surface area contributed by atoms with Crippen molar-refractivity contribution in [2.75, 3.05) is 13.2 Å². The Labute approximate surface area is 256 Å². The number of hydrogen-bond acceptors (Lipinski definition) is 10. The van der Waals surface area contributed by atoms with Crippen LogP contribution < -0.4 is 0 Å². The van der Waals surface area contributed by atoms with E-state index in [0.29, 0.717) is 36.8 Å². The van der Waals surface area contributed by atoms with E-state index < -0.39 is 99.1 Å². The Bertz CT molecular complexity index is 1240. The molecule has 0 radical (unpaired) electrons. The molecule has 0 heterocycles. The molecule has 0 spiro atoms. The van der Waals surface area contributed by atoms with Gasteiger partial charge in [0.1, 0.15) is 5.41 Å². The highest BCUT2D eigenvalue weighted by Gasteiger charge is 2.64. The van der Waals surface area contributed by atoms with Crippen LogP contribution in [0.5, 0.6) is 0 Å². The lowest BCUT2D eigenvalue weighted by Crippen LogP contribution is -2.65. The Balaban J connectivity index is 9.26. The molecule has 0 amide bonds. The van der Waals surface area contributed by atoms with Crippen molar-refractivity contribution >= 4 is 35.8 Å². The van der Waals surface area contributed by atoms with Crippen molar-refractivity contribution in [3.8, 4) is 0 Å². The predicted molar refractivity (Wildman–Crippen MR) is 153 cm³/mol. The molecular weight excluding hydrogens is 604 g/mol. The Hall–Kier alpha value is -5.22. The molecular formula is C29H36O16. The smallest absolute Gasteiger partial charge is 0.334 e. The minimum absolute atomic E-state index is 0.518. The normalized spacial score (nSPS) is 16.6. The lowest BCUT2D eigenvalue weighted by molar-refractivity contribution is -0.166. The maximum absolute atomic E-state index is 12.0. The quantitative estimate of drug-likeness (QED) is 0.0779. The van der Waals surface area contributed by atoms with Gasteiger partial charge in [0.25, 0.3) is 0 Å². The van der Waals surface area contributed by atoms with Gasteiger partial charge in [-0.1, -0.05) is 0 Å². The van der Waals surface area contributed by atoms with E-state index in [0.717, 1.165) is 41.5 Å². The minimum atomic E-state index is -2.85. The van der Waals surface area contributed by atoms with Gasteiger partial charge >= 0.3 is 35.8 Å². The third-order valence-corrected chi connectivity index (χ3v) is 6.64. The second-order valence-electron chi connectivity index (χ2n) is 9.96. The molecule has 0 aromatic heterocycles. The third kappa shape index (κ3) is 9.38. The highest BCUT2D eigenvalue weighted by molar-refractivity contribution is 5.89. The van der Waals surface area contributed by atoms with Crippen LogP contribution in [-0.4, -0.2) is 101 Å². The first kappa shape index (κ1) is 39.8. The van der Waals surface area contributed by atoms with Crippen LogP contribution in [0.25, 0.3) is 0 Å². The lowest BCUT2D eigenvalue weighted by Gasteiger charge is -2.53. The van der Waals surface area contributed by atoms with Gasteiger partial charge in [-0.15, -0.1) is 0 Å². The predicted octanol–water partition coefficient (Wildman–Crippen LogP) is 1.57. The number of rotatable bonds is 18. The molecule has 0 aromatic carbocycles. The summed E-state index contributed by atoms with van der Waals surface area (Å²) in [5.74, 6) is -9.78. The largest absolute Gasteiger partial charge is 0.485 e. The van der Waals surface area contributed by atoms with Crippen LogP contribution in [-0.2, 0) is 38.2 Å². The minimum Gasteiger partial charge on any atom is -0.485 e. The molecule has 0 aromatic rings. The zero-order valence-corrected chi connectivity index (χ0v) is 25.2. The molecule has 0 unspecified atom stereocenters. The van der Waals surface area contributed by atoms with Gasteiger partial charge in [0.2, 0.25) is 0 Å². The van der Waals surface area contributed by atoms with Gasteiger partial charge < -0.3 is 50.3 Å². The zero-order chi connectivity index (χ0) is 35.5. The molecule has 248 valence electrons. The van der Waals surface area contributed by atoms with Crippen LogP contribution in [0.4, 0.5) is 0 Å². The van der Waals surface area contributed by atoms with Crippen LogP contribution in [0, 0.1) is 5.41 Å². The molecule has 8 N–H and O–H groups in total. The number of aliphatic hydroxyl groups excluding tert-OH is 2. The average molecular weight is 641 g/mol. The second kappa shape index (κ2) is 16.0. The van der Waals surface area contributed by atoms with Crippen molar-refractivity contribution in [2.24, 2.45) is 5.41 Å². The van der Waals surface area contributed by atoms with Gasteiger partial charge in [-0.2, -0.15) is 0 Å². The average Bonchev–Trinajstić information content (AvgIpc) is 2.94. The molecule has 0 saturated carbocycles. The molecule has 0 atom stereocenters. The summed E-state index contributed by atoms with van der Waals surface area (Å²) in [6.07, 6.45) is 3.70. The molecule has 0 aliphatic rings. The van der Waals surface area contributed by atoms with E-state index in [2.05, 4.69) is 0 Å². The molecule has 16 nitrogen and oxygen atoms in total. The molecule has 0 saturated heterocycles. The maximum atomic E-state index is 12.0. The van der Waals surface area contributed by atoms with Crippen LogP contribution in [0.2, 0.25) is 0 Å². The van der Waals surface area contributed by atoms with Gasteiger partial charge in [0.15, 0.2) is 11.2 Å². The van der Waals surface area contributed by atoms with Crippen molar-refractivity contribution in [3.05, 3.63) is 70.3 Å². The Morgan fingerprint density at radius 1 is 0.444 bits per heavy atom. The summed E-state index contributed by atoms with van der Waals surface area (Å²) < 4.78 is 11.5. The fourth-order valence-electron chi connectivity index (χ4n) is 3.85. The molecule has 0 rings (SSSR count). The fraction of sp³-hybridized carbons (Fsp3) is 0.379. The molecule has 45 heavy (non-hydrogen) atoms. The number of aliphatic carboxylic acids is 6. The van der Waals surface area contributed by atoms with Crippen molar-refractivity contribution in [2.45, 2.75) is 52.7 Å². The first-order valence-corrected chi connectivity index (χ1v) is 12.7. The Morgan fingerprint density at radius 3 is 0.800 bits per heavy atom. The van der Waals surface area contributed by atoms with E-state index in [1.807, 2.05) is 0 Å². The van der Waals surface area contributed by atoms with Crippen LogP contribution in [0.3, 0.4) is 0 Å². The maximum Gasteiger partial charge on any atom is 0.334 e. The third-order valence-electron chi connectivity index (χ3n) is 6.64. The van der Waals surface area contributed by atoms with Crippen molar-refractivity contribution in [1.29, 1.82) is 0 Å². The summed E-state index contributed by atoms with van der Waals surface area (Å²) in [7, 11) is 0. The van der Waals surface area contributed by atoms with Gasteiger partial charge in [-0.05, 0) is 65.8 Å². The van der Waals surface area contributed by atoms with Gasteiger partial charge in [-0.25, -0.2) is 28.8 Å². The number of carbonyl (C=O) groups is 6. The molecule has 0 aliphatic heterocycles. The summed E-state index contributed by atoms with van der Waals surface area (Å²) in [4.78, 5) is 71.4. The topological polar surface area (TPSA) is 283 Å². The van der Waals surface area contributed by atoms with Gasteiger partial charge in [0.05, 0.1) is 36.9 Å². The standard InChI is InChI=1S/C29H36O16/c1-15(21(32)33)7-28(8-16(2)22(34)35,44-11-19(5)25(40)41)27(13-30,14-31)29(9-17(3)23(36)37,10-18(4)24(38)39)45-12-20(6)26(42)43/h7-12,30-31H,13-14H2,1-6H3,(H,32,33)(H,34,35)(H,36,37)(H,38,39)(H,40,41)(H,42,43). The zero-order valence-electron chi connectivity index (χ0n) is 25.2. The van der Waals surface area contributed by atoms with Crippen molar-refractivity contribution in [3.63, 3.8) is 0 Å². The van der Waals surface area contributed by atoms with Crippen LogP contribution >= 0.6 is 0 Å². The second-order valence-corrected chi connectivity index (χ2v) is 9.96. The molecule has 0 bridgehead atoms. The van der Waals surface area contributed by atoms with Gasteiger partial charge in [0, 0.05) is 22.3 Å². The SMILES string of the molecule is CC(=COC(C=C(C)C(=O)O)(C=C(C)C(=O)O)C(CO)(CO)C(C=C(C)C(=O)O)(C=C(C)C(=O)O)OC=C(C)C(=O)O)C(=O)O. The van der Waals surface area contributed by atoms with E-state index in [1.165, 1.54) is 0 Å². The van der Waals surface area contributed by atoms with Crippen molar-refractivity contribution < 1.29 is 79.1 Å². The highest BCUT2D eigenvalue weighted by atomic mass is 16.5. The summed E-state index contributed by atoms with van der Waals surface area (Å²) in [6.45, 7) is 3.00.